The summed E-state index contributed by atoms with van der Waals surface area (Å²) in [7, 11) is -1.31. The number of hydrogen-bond acceptors (Lipinski definition) is 6. The highest BCUT2D eigenvalue weighted by atomic mass is 79.9. The van der Waals surface area contributed by atoms with Crippen LogP contribution in [0.3, 0.4) is 0 Å². The van der Waals surface area contributed by atoms with Crippen LogP contribution in [0.15, 0.2) is 112 Å². The summed E-state index contributed by atoms with van der Waals surface area (Å²) in [6.07, 6.45) is 1.91. The third-order valence-electron chi connectivity index (χ3n) is 7.61. The zero-order valence-corrected chi connectivity index (χ0v) is 29.2. The summed E-state index contributed by atoms with van der Waals surface area (Å²) in [5.41, 5.74) is 1.84. The van der Waals surface area contributed by atoms with E-state index < -0.39 is 28.5 Å². The second kappa shape index (κ2) is 17.0. The molecule has 0 saturated heterocycles. The zero-order chi connectivity index (χ0) is 33.8. The minimum absolute atomic E-state index is 0.0132. The number of anilines is 1. The van der Waals surface area contributed by atoms with Crippen LogP contribution < -0.4 is 19.1 Å². The smallest absolute Gasteiger partial charge is 0.264 e. The Morgan fingerprint density at radius 1 is 0.830 bits per heavy atom. The van der Waals surface area contributed by atoms with Crippen molar-refractivity contribution in [3.05, 3.63) is 119 Å². The first-order valence-corrected chi connectivity index (χ1v) is 17.6. The van der Waals surface area contributed by atoms with Crippen LogP contribution in [0.4, 0.5) is 5.69 Å². The number of halogens is 1. The molecule has 2 amide bonds. The fraction of sp³-hybridized carbons (Fsp3) is 0.278. The first-order valence-electron chi connectivity index (χ1n) is 15.3. The van der Waals surface area contributed by atoms with E-state index >= 15 is 0 Å². The SMILES string of the molecule is CCCCNC(=O)[C@@H](Cc1ccccc1)N(Cc1cccc(Br)c1)C(=O)CN(c1ccc(OC)c(OC)c1)S(=O)(=O)c1ccccc1. The number of nitrogens with one attached hydrogen (secondary N) is 1. The Hall–Kier alpha value is -4.35. The van der Waals surface area contributed by atoms with Crippen LogP contribution >= 0.6 is 15.9 Å². The number of rotatable bonds is 16. The van der Waals surface area contributed by atoms with Gasteiger partial charge in [-0.3, -0.25) is 13.9 Å². The minimum atomic E-state index is -4.25. The third kappa shape index (κ3) is 9.36. The number of methoxy groups -OCH3 is 2. The molecule has 248 valence electrons. The van der Waals surface area contributed by atoms with Crippen LogP contribution in [0, 0.1) is 0 Å². The second-order valence-corrected chi connectivity index (χ2v) is 13.6. The van der Waals surface area contributed by atoms with Crippen molar-refractivity contribution < 1.29 is 27.5 Å². The quantitative estimate of drug-likeness (QED) is 0.138. The number of hydrogen-bond donors (Lipinski definition) is 1. The van der Waals surface area contributed by atoms with Gasteiger partial charge in [-0.25, -0.2) is 8.42 Å². The van der Waals surface area contributed by atoms with Crippen molar-refractivity contribution in [3.63, 3.8) is 0 Å². The Balaban J connectivity index is 1.82. The van der Waals surface area contributed by atoms with Crippen molar-refractivity contribution in [2.45, 2.75) is 43.7 Å². The van der Waals surface area contributed by atoms with Gasteiger partial charge in [-0.15, -0.1) is 0 Å². The van der Waals surface area contributed by atoms with Crippen molar-refractivity contribution >= 4 is 43.5 Å². The number of sulfonamides is 1. The normalized spacial score (nSPS) is 11.7. The Morgan fingerprint density at radius 2 is 1.49 bits per heavy atom. The molecule has 0 fully saturated rings. The maximum Gasteiger partial charge on any atom is 0.264 e. The maximum atomic E-state index is 14.6. The number of amides is 2. The molecule has 1 atom stereocenters. The summed E-state index contributed by atoms with van der Waals surface area (Å²) in [4.78, 5) is 30.0. The number of carbonyl (C=O) groups excluding carboxylic acids is 2. The van der Waals surface area contributed by atoms with Crippen molar-refractivity contribution in [2.75, 3.05) is 31.6 Å². The van der Waals surface area contributed by atoms with E-state index in [1.165, 1.54) is 37.3 Å². The Bertz CT molecular complexity index is 1740. The van der Waals surface area contributed by atoms with E-state index in [1.807, 2.05) is 61.5 Å². The van der Waals surface area contributed by atoms with Gasteiger partial charge < -0.3 is 19.7 Å². The van der Waals surface area contributed by atoms with E-state index in [4.69, 9.17) is 9.47 Å². The largest absolute Gasteiger partial charge is 0.493 e. The Labute approximate surface area is 285 Å². The van der Waals surface area contributed by atoms with Gasteiger partial charge in [-0.1, -0.05) is 89.9 Å². The second-order valence-electron chi connectivity index (χ2n) is 10.9. The molecule has 0 saturated carbocycles. The predicted molar refractivity (Wildman–Crippen MR) is 187 cm³/mol. The van der Waals surface area contributed by atoms with E-state index in [1.54, 1.807) is 30.3 Å². The fourth-order valence-electron chi connectivity index (χ4n) is 5.12. The fourth-order valence-corrected chi connectivity index (χ4v) is 6.99. The number of carbonyl (C=O) groups is 2. The molecule has 0 aliphatic rings. The molecular formula is C36H40BrN3O6S. The van der Waals surface area contributed by atoms with E-state index in [0.29, 0.717) is 18.0 Å². The molecule has 9 nitrogen and oxygen atoms in total. The lowest BCUT2D eigenvalue weighted by Gasteiger charge is -2.34. The summed E-state index contributed by atoms with van der Waals surface area (Å²) in [5, 5.41) is 3.00. The van der Waals surface area contributed by atoms with Crippen LogP contribution in [0.2, 0.25) is 0 Å². The highest BCUT2D eigenvalue weighted by molar-refractivity contribution is 9.10. The Kier molecular flexibility index (Phi) is 12.8. The van der Waals surface area contributed by atoms with Gasteiger partial charge >= 0.3 is 0 Å². The van der Waals surface area contributed by atoms with Crippen LogP contribution in [-0.2, 0) is 32.6 Å². The molecule has 0 unspecified atom stereocenters. The third-order valence-corrected chi connectivity index (χ3v) is 9.89. The molecule has 0 spiro atoms. The number of nitrogens with zero attached hydrogens (tertiary/aromatic N) is 2. The molecule has 0 aromatic heterocycles. The maximum absolute atomic E-state index is 14.6. The molecule has 0 bridgehead atoms. The molecule has 4 rings (SSSR count). The predicted octanol–water partition coefficient (Wildman–Crippen LogP) is 6.22. The molecular weight excluding hydrogens is 682 g/mol. The van der Waals surface area contributed by atoms with Gasteiger partial charge in [0.1, 0.15) is 12.6 Å². The van der Waals surface area contributed by atoms with Gasteiger partial charge in [-0.2, -0.15) is 0 Å². The minimum Gasteiger partial charge on any atom is -0.493 e. The van der Waals surface area contributed by atoms with Crippen molar-refractivity contribution in [1.82, 2.24) is 10.2 Å². The first-order chi connectivity index (χ1) is 22.7. The number of unbranched alkanes of at least 4 members (excludes halogenated alkanes) is 1. The molecule has 0 aliphatic heterocycles. The Morgan fingerprint density at radius 3 is 2.13 bits per heavy atom. The van der Waals surface area contributed by atoms with Crippen LogP contribution in [0.5, 0.6) is 11.5 Å². The van der Waals surface area contributed by atoms with Gasteiger partial charge in [0.25, 0.3) is 10.0 Å². The highest BCUT2D eigenvalue weighted by Gasteiger charge is 2.35. The van der Waals surface area contributed by atoms with Gasteiger partial charge in [0.05, 0.1) is 24.8 Å². The number of ether oxygens (including phenoxy) is 2. The molecule has 47 heavy (non-hydrogen) atoms. The van der Waals surface area contributed by atoms with Gasteiger partial charge in [0, 0.05) is 30.0 Å². The zero-order valence-electron chi connectivity index (χ0n) is 26.8. The average Bonchev–Trinajstić information content (AvgIpc) is 3.09. The summed E-state index contributed by atoms with van der Waals surface area (Å²) in [5.74, 6) is -0.156. The lowest BCUT2D eigenvalue weighted by Crippen LogP contribution is -2.53. The van der Waals surface area contributed by atoms with Crippen molar-refractivity contribution in [3.8, 4) is 11.5 Å². The van der Waals surface area contributed by atoms with E-state index in [0.717, 1.165) is 32.7 Å². The molecule has 4 aromatic carbocycles. The molecule has 0 radical (unpaired) electrons. The number of benzene rings is 4. The van der Waals surface area contributed by atoms with Gasteiger partial charge in [-0.05, 0) is 53.9 Å². The first kappa shape index (κ1) is 35.5. The van der Waals surface area contributed by atoms with Crippen LogP contribution in [-0.4, -0.2) is 58.5 Å². The van der Waals surface area contributed by atoms with Gasteiger partial charge in [0.15, 0.2) is 11.5 Å². The average molecular weight is 723 g/mol. The van der Waals surface area contributed by atoms with E-state index in [-0.39, 0.29) is 29.5 Å². The summed E-state index contributed by atoms with van der Waals surface area (Å²) in [6, 6.07) is 28.6. The lowest BCUT2D eigenvalue weighted by atomic mass is 10.0. The van der Waals surface area contributed by atoms with Crippen molar-refractivity contribution in [2.24, 2.45) is 0 Å². The lowest BCUT2D eigenvalue weighted by molar-refractivity contribution is -0.140. The van der Waals surface area contributed by atoms with Crippen LogP contribution in [0.1, 0.15) is 30.9 Å². The molecule has 0 aliphatic carbocycles. The van der Waals surface area contributed by atoms with Crippen LogP contribution in [0.25, 0.3) is 0 Å². The molecule has 0 heterocycles. The standard InChI is InChI=1S/C36H40BrN3O6S/c1-4-5-21-38-36(42)32(23-27-13-8-6-9-14-27)39(25-28-15-12-16-29(37)22-28)35(41)26-40(47(43,44)31-17-10-7-11-18-31)30-19-20-33(45-2)34(24-30)46-3/h6-20,22,24,32H,4-5,21,23,25-26H2,1-3H3,(H,38,42)/t32-/m1/s1. The molecule has 11 heteroatoms. The van der Waals surface area contributed by atoms with Gasteiger partial charge in [0.2, 0.25) is 11.8 Å². The summed E-state index contributed by atoms with van der Waals surface area (Å²) >= 11 is 3.51. The monoisotopic (exact) mass is 721 g/mol. The highest BCUT2D eigenvalue weighted by Crippen LogP contribution is 2.34. The van der Waals surface area contributed by atoms with Crippen molar-refractivity contribution in [1.29, 1.82) is 0 Å². The molecule has 4 aromatic rings. The summed E-state index contributed by atoms with van der Waals surface area (Å²) < 4.78 is 41.1. The van der Waals surface area contributed by atoms with E-state index in [2.05, 4.69) is 21.2 Å². The topological polar surface area (TPSA) is 105 Å². The summed E-state index contributed by atoms with van der Waals surface area (Å²) in [6.45, 7) is 1.99. The van der Waals surface area contributed by atoms with E-state index in [9.17, 15) is 18.0 Å². The molecule has 1 N–H and O–H groups in total.